The molecule has 4 heteroatoms. The second kappa shape index (κ2) is 7.71. The van der Waals surface area contributed by atoms with Gasteiger partial charge in [-0.2, -0.15) is 0 Å². The Kier molecular flexibility index (Phi) is 5.67. The normalized spacial score (nSPS) is 12.2. The van der Waals surface area contributed by atoms with E-state index in [1.54, 1.807) is 12.1 Å². The molecule has 0 fully saturated rings. The smallest absolute Gasteiger partial charge is 0.237 e. The molecule has 0 radical (unpaired) electrons. The average Bonchev–Trinajstić information content (AvgIpc) is 2.54. The van der Waals surface area contributed by atoms with E-state index in [0.29, 0.717) is 13.1 Å². The first-order valence-corrected chi connectivity index (χ1v) is 7.32. The van der Waals surface area contributed by atoms with E-state index < -0.39 is 0 Å². The molecule has 2 rings (SSSR count). The quantitative estimate of drug-likeness (QED) is 0.889. The predicted molar refractivity (Wildman–Crippen MR) is 85.6 cm³/mol. The van der Waals surface area contributed by atoms with Gasteiger partial charge in [0.05, 0.1) is 6.04 Å². The summed E-state index contributed by atoms with van der Waals surface area (Å²) in [7, 11) is 1.93. The van der Waals surface area contributed by atoms with E-state index in [2.05, 4.69) is 5.32 Å². The molecule has 2 aromatic carbocycles. The molecule has 1 N–H and O–H groups in total. The highest BCUT2D eigenvalue weighted by Crippen LogP contribution is 2.07. The van der Waals surface area contributed by atoms with E-state index in [-0.39, 0.29) is 17.8 Å². The van der Waals surface area contributed by atoms with Crippen molar-refractivity contribution in [2.24, 2.45) is 0 Å². The van der Waals surface area contributed by atoms with Crippen LogP contribution in [-0.2, 0) is 17.9 Å². The molecule has 1 amide bonds. The molecule has 116 valence electrons. The molecule has 0 bridgehead atoms. The largest absolute Gasteiger partial charge is 0.351 e. The van der Waals surface area contributed by atoms with Gasteiger partial charge in [0.2, 0.25) is 5.91 Å². The van der Waals surface area contributed by atoms with Crippen LogP contribution in [0.3, 0.4) is 0 Å². The van der Waals surface area contributed by atoms with Crippen LogP contribution in [0.1, 0.15) is 18.1 Å². The van der Waals surface area contributed by atoms with Crippen LogP contribution in [0.25, 0.3) is 0 Å². The molecule has 0 saturated heterocycles. The van der Waals surface area contributed by atoms with Crippen molar-refractivity contribution < 1.29 is 9.18 Å². The molecular weight excluding hydrogens is 279 g/mol. The van der Waals surface area contributed by atoms with E-state index in [0.717, 1.165) is 5.56 Å². The van der Waals surface area contributed by atoms with E-state index in [4.69, 9.17) is 0 Å². The first-order valence-electron chi connectivity index (χ1n) is 7.32. The molecule has 0 saturated carbocycles. The highest BCUT2D eigenvalue weighted by atomic mass is 19.1. The van der Waals surface area contributed by atoms with Crippen molar-refractivity contribution >= 4 is 5.91 Å². The lowest BCUT2D eigenvalue weighted by atomic mass is 10.2. The molecule has 0 aliphatic rings. The fourth-order valence-electron chi connectivity index (χ4n) is 2.15. The molecule has 0 spiro atoms. The minimum Gasteiger partial charge on any atom is -0.351 e. The number of likely N-dealkylation sites (N-methyl/N-ethyl adjacent to an activating group) is 1. The topological polar surface area (TPSA) is 32.3 Å². The lowest BCUT2D eigenvalue weighted by Gasteiger charge is -2.24. The van der Waals surface area contributed by atoms with Crippen LogP contribution in [0.2, 0.25) is 0 Å². The van der Waals surface area contributed by atoms with Crippen molar-refractivity contribution in [3.63, 3.8) is 0 Å². The summed E-state index contributed by atoms with van der Waals surface area (Å²) in [6.45, 7) is 3.00. The SMILES string of the molecule is C[C@@H](C(=O)NCc1ccc(F)cc1)N(C)Cc1ccccc1. The van der Waals surface area contributed by atoms with Gasteiger partial charge in [0, 0.05) is 13.1 Å². The van der Waals surface area contributed by atoms with Gasteiger partial charge < -0.3 is 5.32 Å². The Morgan fingerprint density at radius 2 is 1.73 bits per heavy atom. The van der Waals surface area contributed by atoms with Gasteiger partial charge in [0.1, 0.15) is 5.82 Å². The number of rotatable bonds is 6. The number of benzene rings is 2. The number of carbonyl (C=O) groups excluding carboxylic acids is 1. The zero-order chi connectivity index (χ0) is 15.9. The second-order valence-electron chi connectivity index (χ2n) is 5.42. The third-order valence-corrected chi connectivity index (χ3v) is 3.70. The maximum absolute atomic E-state index is 12.8. The molecule has 2 aromatic rings. The molecule has 0 unspecified atom stereocenters. The molecule has 0 heterocycles. The number of hydrogen-bond donors (Lipinski definition) is 1. The van der Waals surface area contributed by atoms with Gasteiger partial charge in [-0.1, -0.05) is 42.5 Å². The Bertz CT molecular complexity index is 598. The summed E-state index contributed by atoms with van der Waals surface area (Å²) in [5, 5.41) is 2.88. The fraction of sp³-hybridized carbons (Fsp3) is 0.278. The van der Waals surface area contributed by atoms with E-state index in [9.17, 15) is 9.18 Å². The second-order valence-corrected chi connectivity index (χ2v) is 5.42. The molecule has 0 aliphatic heterocycles. The molecule has 22 heavy (non-hydrogen) atoms. The minimum atomic E-state index is -0.272. The van der Waals surface area contributed by atoms with Gasteiger partial charge in [-0.3, -0.25) is 9.69 Å². The van der Waals surface area contributed by atoms with Gasteiger partial charge in [-0.15, -0.1) is 0 Å². The third-order valence-electron chi connectivity index (χ3n) is 3.70. The number of nitrogens with zero attached hydrogens (tertiary/aromatic N) is 1. The van der Waals surface area contributed by atoms with Crippen molar-refractivity contribution in [1.29, 1.82) is 0 Å². The van der Waals surface area contributed by atoms with Gasteiger partial charge in [-0.05, 0) is 37.2 Å². The summed E-state index contributed by atoms with van der Waals surface area (Å²) in [5.74, 6) is -0.311. The maximum atomic E-state index is 12.8. The number of carbonyl (C=O) groups is 1. The predicted octanol–water partition coefficient (Wildman–Crippen LogP) is 2.96. The summed E-state index contributed by atoms with van der Waals surface area (Å²) in [4.78, 5) is 14.2. The number of nitrogens with one attached hydrogen (secondary N) is 1. The van der Waals surface area contributed by atoms with Gasteiger partial charge >= 0.3 is 0 Å². The van der Waals surface area contributed by atoms with E-state index in [1.165, 1.54) is 17.7 Å². The van der Waals surface area contributed by atoms with E-state index >= 15 is 0 Å². The molecule has 0 aromatic heterocycles. The van der Waals surface area contributed by atoms with Crippen LogP contribution in [0.15, 0.2) is 54.6 Å². The Hall–Kier alpha value is -2.20. The lowest BCUT2D eigenvalue weighted by Crippen LogP contribution is -2.42. The zero-order valence-corrected chi connectivity index (χ0v) is 12.9. The summed E-state index contributed by atoms with van der Waals surface area (Å²) in [6, 6.07) is 15.9. The highest BCUT2D eigenvalue weighted by Gasteiger charge is 2.17. The highest BCUT2D eigenvalue weighted by molar-refractivity contribution is 5.81. The van der Waals surface area contributed by atoms with Crippen LogP contribution in [0.5, 0.6) is 0 Å². The maximum Gasteiger partial charge on any atom is 0.237 e. The molecule has 0 aliphatic carbocycles. The van der Waals surface area contributed by atoms with Gasteiger partial charge in [-0.25, -0.2) is 4.39 Å². The summed E-state index contributed by atoms with van der Waals surface area (Å²) < 4.78 is 12.8. The Balaban J connectivity index is 1.84. The Morgan fingerprint density at radius 1 is 1.09 bits per heavy atom. The molecular formula is C18H21FN2O. The van der Waals surface area contributed by atoms with Crippen LogP contribution in [-0.4, -0.2) is 23.9 Å². The van der Waals surface area contributed by atoms with Crippen LogP contribution in [0.4, 0.5) is 4.39 Å². The summed E-state index contributed by atoms with van der Waals surface area (Å²) in [5.41, 5.74) is 2.05. The number of amides is 1. The van der Waals surface area contributed by atoms with E-state index in [1.807, 2.05) is 49.2 Å². The summed E-state index contributed by atoms with van der Waals surface area (Å²) in [6.07, 6.45) is 0. The van der Waals surface area contributed by atoms with Crippen molar-refractivity contribution in [2.75, 3.05) is 7.05 Å². The van der Waals surface area contributed by atoms with Crippen molar-refractivity contribution in [1.82, 2.24) is 10.2 Å². The first-order chi connectivity index (χ1) is 10.6. The third kappa shape index (κ3) is 4.67. The van der Waals surface area contributed by atoms with Crippen molar-refractivity contribution in [3.8, 4) is 0 Å². The lowest BCUT2D eigenvalue weighted by molar-refractivity contribution is -0.125. The van der Waals surface area contributed by atoms with Crippen molar-refractivity contribution in [3.05, 3.63) is 71.5 Å². The number of halogens is 1. The van der Waals surface area contributed by atoms with Crippen LogP contribution in [0, 0.1) is 5.82 Å². The summed E-state index contributed by atoms with van der Waals surface area (Å²) >= 11 is 0. The average molecular weight is 300 g/mol. The van der Waals surface area contributed by atoms with Gasteiger partial charge in [0.25, 0.3) is 0 Å². The fourth-order valence-corrected chi connectivity index (χ4v) is 2.15. The molecule has 1 atom stereocenters. The van der Waals surface area contributed by atoms with Crippen LogP contribution < -0.4 is 5.32 Å². The van der Waals surface area contributed by atoms with Crippen LogP contribution >= 0.6 is 0 Å². The Morgan fingerprint density at radius 3 is 2.36 bits per heavy atom. The zero-order valence-electron chi connectivity index (χ0n) is 12.9. The first kappa shape index (κ1) is 16.2. The monoisotopic (exact) mass is 300 g/mol. The Labute approximate surface area is 130 Å². The standard InChI is InChI=1S/C18H21FN2O/c1-14(21(2)13-16-6-4-3-5-7-16)18(22)20-12-15-8-10-17(19)11-9-15/h3-11,14H,12-13H2,1-2H3,(H,20,22)/t14-/m0/s1. The van der Waals surface area contributed by atoms with Crippen molar-refractivity contribution in [2.45, 2.75) is 26.1 Å². The minimum absolute atomic E-state index is 0.0391. The number of hydrogen-bond acceptors (Lipinski definition) is 2. The van der Waals surface area contributed by atoms with Gasteiger partial charge in [0.15, 0.2) is 0 Å². The molecule has 3 nitrogen and oxygen atoms in total.